The first-order chi connectivity index (χ1) is 13.0. The maximum atomic E-state index is 12.8. The Balaban J connectivity index is 1.70. The van der Waals surface area contributed by atoms with Gasteiger partial charge >= 0.3 is 0 Å². The minimum atomic E-state index is 0.00510. The number of hydrogen-bond donors (Lipinski definition) is 0. The van der Waals surface area contributed by atoms with Crippen molar-refractivity contribution in [3.63, 3.8) is 0 Å². The van der Waals surface area contributed by atoms with Gasteiger partial charge in [-0.05, 0) is 67.6 Å². The lowest BCUT2D eigenvalue weighted by atomic mass is 10.0. The van der Waals surface area contributed by atoms with Gasteiger partial charge in [0.05, 0.1) is 20.3 Å². The number of rotatable bonds is 6. The minimum Gasteiger partial charge on any atom is -0.493 e. The molecule has 27 heavy (non-hydrogen) atoms. The first kappa shape index (κ1) is 19.1. The molecule has 1 heterocycles. The average Bonchev–Trinajstić information content (AvgIpc) is 3.18. The molecular weight excluding hydrogens is 342 g/mol. The number of carbonyl (C=O) groups excluding carboxylic acids is 1. The van der Waals surface area contributed by atoms with E-state index in [-0.39, 0.29) is 18.6 Å². The van der Waals surface area contributed by atoms with Crippen LogP contribution in [0.2, 0.25) is 0 Å². The quantitative estimate of drug-likeness (QED) is 0.770. The van der Waals surface area contributed by atoms with E-state index in [4.69, 9.17) is 14.2 Å². The Kier molecular flexibility index (Phi) is 5.89. The standard InChI is InChI=1S/C22H27NO4/c1-15-7-9-18(12-16(15)2)27-14-22(24)23-11-5-6-19(23)17-8-10-20(25-3)21(13-17)26-4/h7-10,12-13,19H,5-6,11,14H2,1-4H3. The molecule has 1 fully saturated rings. The number of nitrogens with zero attached hydrogens (tertiary/aromatic N) is 1. The lowest BCUT2D eigenvalue weighted by Gasteiger charge is -2.25. The van der Waals surface area contributed by atoms with E-state index < -0.39 is 0 Å². The van der Waals surface area contributed by atoms with Gasteiger partial charge in [0, 0.05) is 6.54 Å². The van der Waals surface area contributed by atoms with Crippen LogP contribution < -0.4 is 14.2 Å². The third kappa shape index (κ3) is 4.18. The third-order valence-corrected chi connectivity index (χ3v) is 5.21. The SMILES string of the molecule is COc1ccc(C2CCCN2C(=O)COc2ccc(C)c(C)c2)cc1OC. The van der Waals surface area contributed by atoms with E-state index in [1.54, 1.807) is 14.2 Å². The molecular formula is C22H27NO4. The van der Waals surface area contributed by atoms with Crippen molar-refractivity contribution < 1.29 is 19.0 Å². The molecule has 144 valence electrons. The van der Waals surface area contributed by atoms with E-state index in [1.807, 2.05) is 48.2 Å². The molecule has 1 atom stereocenters. The molecule has 0 aliphatic carbocycles. The number of hydrogen-bond acceptors (Lipinski definition) is 4. The second kappa shape index (κ2) is 8.33. The zero-order chi connectivity index (χ0) is 19.4. The predicted octanol–water partition coefficient (Wildman–Crippen LogP) is 4.06. The maximum Gasteiger partial charge on any atom is 0.261 e. The second-order valence-corrected chi connectivity index (χ2v) is 6.89. The van der Waals surface area contributed by atoms with Crippen LogP contribution >= 0.6 is 0 Å². The van der Waals surface area contributed by atoms with Crippen LogP contribution in [0.5, 0.6) is 17.2 Å². The first-order valence-electron chi connectivity index (χ1n) is 9.25. The zero-order valence-corrected chi connectivity index (χ0v) is 16.5. The molecule has 0 radical (unpaired) electrons. The van der Waals surface area contributed by atoms with Gasteiger partial charge in [-0.3, -0.25) is 4.79 Å². The maximum absolute atomic E-state index is 12.8. The Morgan fingerprint density at radius 3 is 2.52 bits per heavy atom. The Morgan fingerprint density at radius 2 is 1.81 bits per heavy atom. The van der Waals surface area contributed by atoms with Gasteiger partial charge in [-0.1, -0.05) is 12.1 Å². The van der Waals surface area contributed by atoms with Crippen LogP contribution in [0.4, 0.5) is 0 Å². The van der Waals surface area contributed by atoms with Crippen molar-refractivity contribution in [3.8, 4) is 17.2 Å². The van der Waals surface area contributed by atoms with Crippen LogP contribution in [-0.4, -0.2) is 38.2 Å². The molecule has 1 aliphatic rings. The number of likely N-dealkylation sites (tertiary alicyclic amines) is 1. The number of ether oxygens (including phenoxy) is 3. The normalized spacial score (nSPS) is 16.3. The number of benzene rings is 2. The van der Waals surface area contributed by atoms with E-state index in [1.165, 1.54) is 5.56 Å². The van der Waals surface area contributed by atoms with Gasteiger partial charge in [-0.2, -0.15) is 0 Å². The minimum absolute atomic E-state index is 0.00510. The second-order valence-electron chi connectivity index (χ2n) is 6.89. The summed E-state index contributed by atoms with van der Waals surface area (Å²) in [6.45, 7) is 4.89. The fourth-order valence-corrected chi connectivity index (χ4v) is 3.50. The van der Waals surface area contributed by atoms with E-state index >= 15 is 0 Å². The zero-order valence-electron chi connectivity index (χ0n) is 16.5. The molecule has 1 unspecified atom stereocenters. The summed E-state index contributed by atoms with van der Waals surface area (Å²) in [4.78, 5) is 14.7. The Morgan fingerprint density at radius 1 is 1.04 bits per heavy atom. The monoisotopic (exact) mass is 369 g/mol. The van der Waals surface area contributed by atoms with Crippen molar-refractivity contribution in [2.45, 2.75) is 32.7 Å². The third-order valence-electron chi connectivity index (χ3n) is 5.21. The molecule has 0 spiro atoms. The Bertz CT molecular complexity index is 818. The number of carbonyl (C=O) groups is 1. The summed E-state index contributed by atoms with van der Waals surface area (Å²) >= 11 is 0. The van der Waals surface area contributed by atoms with Gasteiger partial charge in [0.15, 0.2) is 18.1 Å². The van der Waals surface area contributed by atoms with Crippen molar-refractivity contribution in [1.82, 2.24) is 4.90 Å². The van der Waals surface area contributed by atoms with Crippen LogP contribution in [0.1, 0.15) is 35.6 Å². The lowest BCUT2D eigenvalue weighted by Crippen LogP contribution is -2.34. The molecule has 0 N–H and O–H groups in total. The molecule has 0 saturated carbocycles. The van der Waals surface area contributed by atoms with Gasteiger partial charge in [0.2, 0.25) is 0 Å². The topological polar surface area (TPSA) is 48.0 Å². The molecule has 2 aromatic rings. The molecule has 1 amide bonds. The first-order valence-corrected chi connectivity index (χ1v) is 9.25. The predicted molar refractivity (Wildman–Crippen MR) is 105 cm³/mol. The molecule has 1 saturated heterocycles. The summed E-state index contributed by atoms with van der Waals surface area (Å²) in [6.07, 6.45) is 1.92. The van der Waals surface area contributed by atoms with Crippen LogP contribution in [0, 0.1) is 13.8 Å². The molecule has 5 nitrogen and oxygen atoms in total. The lowest BCUT2D eigenvalue weighted by molar-refractivity contribution is -0.134. The van der Waals surface area contributed by atoms with Gasteiger partial charge in [0.25, 0.3) is 5.91 Å². The highest BCUT2D eigenvalue weighted by Crippen LogP contribution is 2.37. The fourth-order valence-electron chi connectivity index (χ4n) is 3.50. The van der Waals surface area contributed by atoms with Crippen molar-refractivity contribution in [1.29, 1.82) is 0 Å². The summed E-state index contributed by atoms with van der Waals surface area (Å²) in [5.74, 6) is 2.11. The van der Waals surface area contributed by atoms with E-state index in [0.29, 0.717) is 11.5 Å². The van der Waals surface area contributed by atoms with Crippen molar-refractivity contribution in [2.75, 3.05) is 27.4 Å². The van der Waals surface area contributed by atoms with Crippen LogP contribution in [0.3, 0.4) is 0 Å². The molecule has 3 rings (SSSR count). The van der Waals surface area contributed by atoms with Gasteiger partial charge < -0.3 is 19.1 Å². The Labute approximate surface area is 160 Å². The number of amides is 1. The molecule has 0 bridgehead atoms. The summed E-state index contributed by atoms with van der Waals surface area (Å²) in [6, 6.07) is 11.8. The molecule has 5 heteroatoms. The van der Waals surface area contributed by atoms with E-state index in [0.717, 1.165) is 36.3 Å². The average molecular weight is 369 g/mol. The molecule has 2 aromatic carbocycles. The van der Waals surface area contributed by atoms with Crippen molar-refractivity contribution in [3.05, 3.63) is 53.1 Å². The van der Waals surface area contributed by atoms with Crippen molar-refractivity contribution in [2.24, 2.45) is 0 Å². The summed E-state index contributed by atoms with van der Waals surface area (Å²) in [5.41, 5.74) is 3.43. The largest absolute Gasteiger partial charge is 0.493 e. The fraction of sp³-hybridized carbons (Fsp3) is 0.409. The number of aryl methyl sites for hydroxylation is 2. The van der Waals surface area contributed by atoms with Gasteiger partial charge in [0.1, 0.15) is 5.75 Å². The smallest absolute Gasteiger partial charge is 0.261 e. The van der Waals surface area contributed by atoms with Gasteiger partial charge in [-0.15, -0.1) is 0 Å². The van der Waals surface area contributed by atoms with E-state index in [2.05, 4.69) is 6.92 Å². The molecule has 1 aliphatic heterocycles. The summed E-state index contributed by atoms with van der Waals surface area (Å²) in [5, 5.41) is 0. The highest BCUT2D eigenvalue weighted by Gasteiger charge is 2.30. The summed E-state index contributed by atoms with van der Waals surface area (Å²) in [7, 11) is 3.24. The highest BCUT2D eigenvalue weighted by atomic mass is 16.5. The number of methoxy groups -OCH3 is 2. The molecule has 0 aromatic heterocycles. The van der Waals surface area contributed by atoms with Gasteiger partial charge in [-0.25, -0.2) is 0 Å². The van der Waals surface area contributed by atoms with E-state index in [9.17, 15) is 4.79 Å². The highest BCUT2D eigenvalue weighted by molar-refractivity contribution is 5.78. The van der Waals surface area contributed by atoms with Crippen LogP contribution in [-0.2, 0) is 4.79 Å². The Hall–Kier alpha value is -2.69. The van der Waals surface area contributed by atoms with Crippen molar-refractivity contribution >= 4 is 5.91 Å². The van der Waals surface area contributed by atoms with Crippen LogP contribution in [0.15, 0.2) is 36.4 Å². The summed E-state index contributed by atoms with van der Waals surface area (Å²) < 4.78 is 16.5. The van der Waals surface area contributed by atoms with Crippen LogP contribution in [0.25, 0.3) is 0 Å².